The van der Waals surface area contributed by atoms with E-state index in [-0.39, 0.29) is 11.9 Å². The van der Waals surface area contributed by atoms with E-state index < -0.39 is 6.10 Å². The lowest BCUT2D eigenvalue weighted by molar-refractivity contribution is -0.138. The Morgan fingerprint density at radius 3 is 2.40 bits per heavy atom. The molecule has 1 aliphatic heterocycles. The van der Waals surface area contributed by atoms with Gasteiger partial charge in [-0.25, -0.2) is 0 Å². The van der Waals surface area contributed by atoms with Crippen LogP contribution in [0.4, 0.5) is 0 Å². The van der Waals surface area contributed by atoms with Crippen LogP contribution in [0.15, 0.2) is 48.5 Å². The van der Waals surface area contributed by atoms with Crippen molar-refractivity contribution in [3.63, 3.8) is 0 Å². The second-order valence-corrected chi connectivity index (χ2v) is 6.61. The Balaban J connectivity index is 1.69. The Bertz CT molecular complexity index is 715. The fraction of sp³-hybridized carbons (Fsp3) is 0.350. The van der Waals surface area contributed by atoms with Gasteiger partial charge in [-0.05, 0) is 61.7 Å². The van der Waals surface area contributed by atoms with E-state index in [9.17, 15) is 4.79 Å². The summed E-state index contributed by atoms with van der Waals surface area (Å²) in [6.07, 6.45) is 1.42. The van der Waals surface area contributed by atoms with Gasteiger partial charge in [0.15, 0.2) is 6.10 Å². The highest BCUT2D eigenvalue weighted by molar-refractivity contribution is 6.30. The topological polar surface area (TPSA) is 38.8 Å². The smallest absolute Gasteiger partial charge is 0.263 e. The van der Waals surface area contributed by atoms with Gasteiger partial charge in [0.2, 0.25) is 0 Å². The van der Waals surface area contributed by atoms with Crippen LogP contribution >= 0.6 is 11.6 Å². The number of likely N-dealkylation sites (tertiary alicyclic amines) is 1. The minimum absolute atomic E-state index is 0.00766. The molecule has 1 aliphatic rings. The molecule has 1 heterocycles. The lowest BCUT2D eigenvalue weighted by Gasteiger charge is -2.28. The van der Waals surface area contributed by atoms with E-state index in [2.05, 4.69) is 0 Å². The van der Waals surface area contributed by atoms with Gasteiger partial charge in [-0.2, -0.15) is 0 Å². The molecule has 0 bridgehead atoms. The van der Waals surface area contributed by atoms with Crippen molar-refractivity contribution < 1.29 is 14.3 Å². The first-order chi connectivity index (χ1) is 12.1. The van der Waals surface area contributed by atoms with Gasteiger partial charge in [-0.1, -0.05) is 23.7 Å². The fourth-order valence-corrected chi connectivity index (χ4v) is 3.33. The van der Waals surface area contributed by atoms with Crippen LogP contribution in [0.1, 0.15) is 31.4 Å². The highest BCUT2D eigenvalue weighted by Gasteiger charge is 2.33. The molecule has 1 fully saturated rings. The molecule has 4 nitrogen and oxygen atoms in total. The molecule has 3 rings (SSSR count). The largest absolute Gasteiger partial charge is 0.497 e. The number of carbonyl (C=O) groups excluding carboxylic acids is 1. The summed E-state index contributed by atoms with van der Waals surface area (Å²) in [7, 11) is 1.65. The monoisotopic (exact) mass is 359 g/mol. The zero-order chi connectivity index (χ0) is 17.8. The molecule has 0 radical (unpaired) electrons. The van der Waals surface area contributed by atoms with Gasteiger partial charge in [0, 0.05) is 11.6 Å². The third-order valence-electron chi connectivity index (χ3n) is 4.51. The van der Waals surface area contributed by atoms with E-state index in [1.807, 2.05) is 29.2 Å². The number of amides is 1. The third kappa shape index (κ3) is 4.07. The molecule has 1 amide bonds. The van der Waals surface area contributed by atoms with Crippen LogP contribution in [0.25, 0.3) is 0 Å². The molecule has 0 N–H and O–H groups in total. The zero-order valence-corrected chi connectivity index (χ0v) is 15.2. The van der Waals surface area contributed by atoms with Gasteiger partial charge in [0.25, 0.3) is 5.91 Å². The second-order valence-electron chi connectivity index (χ2n) is 6.18. The van der Waals surface area contributed by atoms with Crippen molar-refractivity contribution in [1.29, 1.82) is 0 Å². The first kappa shape index (κ1) is 17.6. The number of methoxy groups -OCH3 is 1. The van der Waals surface area contributed by atoms with Crippen LogP contribution < -0.4 is 9.47 Å². The highest BCUT2D eigenvalue weighted by atomic mass is 35.5. The van der Waals surface area contributed by atoms with Gasteiger partial charge < -0.3 is 14.4 Å². The predicted octanol–water partition coefficient (Wildman–Crippen LogP) is 4.48. The van der Waals surface area contributed by atoms with Crippen molar-refractivity contribution in [3.05, 3.63) is 59.1 Å². The van der Waals surface area contributed by atoms with Gasteiger partial charge in [-0.15, -0.1) is 0 Å². The summed E-state index contributed by atoms with van der Waals surface area (Å²) < 4.78 is 11.0. The van der Waals surface area contributed by atoms with E-state index in [1.165, 1.54) is 0 Å². The van der Waals surface area contributed by atoms with E-state index >= 15 is 0 Å². The summed E-state index contributed by atoms with van der Waals surface area (Å²) in [4.78, 5) is 14.8. The van der Waals surface area contributed by atoms with Gasteiger partial charge in [-0.3, -0.25) is 4.79 Å². The van der Waals surface area contributed by atoms with E-state index in [0.717, 1.165) is 30.7 Å². The molecular weight excluding hydrogens is 338 g/mol. The molecule has 0 unspecified atom stereocenters. The number of hydrogen-bond donors (Lipinski definition) is 0. The molecule has 25 heavy (non-hydrogen) atoms. The number of carbonyl (C=O) groups is 1. The van der Waals surface area contributed by atoms with Crippen LogP contribution in [0.2, 0.25) is 5.02 Å². The lowest BCUT2D eigenvalue weighted by atomic mass is 10.0. The number of ether oxygens (including phenoxy) is 2. The average Bonchev–Trinajstić information content (AvgIpc) is 3.12. The van der Waals surface area contributed by atoms with Crippen molar-refractivity contribution in [1.82, 2.24) is 4.90 Å². The van der Waals surface area contributed by atoms with Crippen LogP contribution in [0.3, 0.4) is 0 Å². The Morgan fingerprint density at radius 1 is 1.12 bits per heavy atom. The minimum Gasteiger partial charge on any atom is -0.497 e. The Labute approximate surface area is 153 Å². The Hall–Kier alpha value is -2.20. The highest BCUT2D eigenvalue weighted by Crippen LogP contribution is 2.33. The third-order valence-corrected chi connectivity index (χ3v) is 4.76. The summed E-state index contributed by atoms with van der Waals surface area (Å²) in [6.45, 7) is 2.55. The normalized spacial score (nSPS) is 18.0. The Morgan fingerprint density at radius 2 is 1.76 bits per heavy atom. The van der Waals surface area contributed by atoms with Crippen molar-refractivity contribution in [2.75, 3.05) is 13.7 Å². The fourth-order valence-electron chi connectivity index (χ4n) is 3.20. The Kier molecular flexibility index (Phi) is 5.49. The molecule has 5 heteroatoms. The number of nitrogens with zero attached hydrogens (tertiary/aromatic N) is 1. The standard InChI is InChI=1S/C20H22ClNO3/c1-14(25-18-11-7-16(21)8-12-18)20(23)22-13-3-4-19(22)15-5-9-17(24-2)10-6-15/h5-12,14,19H,3-4,13H2,1-2H3/t14-,19-/m1/s1. The maximum absolute atomic E-state index is 12.9. The summed E-state index contributed by atoms with van der Waals surface area (Å²) >= 11 is 5.88. The molecule has 2 atom stereocenters. The van der Waals surface area contributed by atoms with Crippen molar-refractivity contribution in [3.8, 4) is 11.5 Å². The first-order valence-corrected chi connectivity index (χ1v) is 8.83. The molecule has 2 aromatic carbocycles. The van der Waals surface area contributed by atoms with Crippen LogP contribution in [-0.4, -0.2) is 30.6 Å². The van der Waals surface area contributed by atoms with Crippen LogP contribution in [-0.2, 0) is 4.79 Å². The SMILES string of the molecule is COc1ccc([C@H]2CCCN2C(=O)[C@@H](C)Oc2ccc(Cl)cc2)cc1. The summed E-state index contributed by atoms with van der Waals surface area (Å²) in [6, 6.07) is 15.1. The molecule has 0 saturated carbocycles. The van der Waals surface area contributed by atoms with Crippen LogP contribution in [0.5, 0.6) is 11.5 Å². The van der Waals surface area contributed by atoms with Crippen molar-refractivity contribution in [2.45, 2.75) is 31.9 Å². The molecule has 0 aromatic heterocycles. The van der Waals surface area contributed by atoms with E-state index in [4.69, 9.17) is 21.1 Å². The molecule has 0 spiro atoms. The maximum Gasteiger partial charge on any atom is 0.263 e. The van der Waals surface area contributed by atoms with Gasteiger partial charge in [0.1, 0.15) is 11.5 Å². The molecule has 1 saturated heterocycles. The van der Waals surface area contributed by atoms with Gasteiger partial charge >= 0.3 is 0 Å². The summed E-state index contributed by atoms with van der Waals surface area (Å²) in [5.74, 6) is 1.47. The molecule has 132 valence electrons. The maximum atomic E-state index is 12.9. The number of benzene rings is 2. The molecule has 2 aromatic rings. The average molecular weight is 360 g/mol. The number of rotatable bonds is 5. The van der Waals surface area contributed by atoms with Crippen molar-refractivity contribution >= 4 is 17.5 Å². The van der Waals surface area contributed by atoms with E-state index in [0.29, 0.717) is 10.8 Å². The number of halogens is 1. The predicted molar refractivity (Wildman–Crippen MR) is 98.2 cm³/mol. The first-order valence-electron chi connectivity index (χ1n) is 8.45. The number of hydrogen-bond acceptors (Lipinski definition) is 3. The molecular formula is C20H22ClNO3. The van der Waals surface area contributed by atoms with E-state index in [1.54, 1.807) is 38.3 Å². The van der Waals surface area contributed by atoms with Gasteiger partial charge in [0.05, 0.1) is 13.2 Å². The summed E-state index contributed by atoms with van der Waals surface area (Å²) in [5, 5.41) is 0.644. The van der Waals surface area contributed by atoms with Crippen molar-refractivity contribution in [2.24, 2.45) is 0 Å². The summed E-state index contributed by atoms with van der Waals surface area (Å²) in [5.41, 5.74) is 1.13. The molecule has 0 aliphatic carbocycles. The zero-order valence-electron chi connectivity index (χ0n) is 14.4. The minimum atomic E-state index is -0.542. The second kappa shape index (κ2) is 7.79. The van der Waals surface area contributed by atoms with Crippen LogP contribution in [0, 0.1) is 0 Å². The lowest BCUT2D eigenvalue weighted by Crippen LogP contribution is -2.40. The quantitative estimate of drug-likeness (QED) is 0.790.